The van der Waals surface area contributed by atoms with E-state index in [1.54, 1.807) is 22.7 Å². The van der Waals surface area contributed by atoms with Gasteiger partial charge in [-0.05, 0) is 69.8 Å². The Hall–Kier alpha value is -10.5. The molecule has 0 radical (unpaired) electrons. The highest BCUT2D eigenvalue weighted by Crippen LogP contribution is 2.56. The summed E-state index contributed by atoms with van der Waals surface area (Å²) in [6.45, 7) is 9.58. The van der Waals surface area contributed by atoms with Gasteiger partial charge < -0.3 is 13.6 Å². The number of nitrogens with zero attached hydrogens (tertiary/aromatic N) is 4. The van der Waals surface area contributed by atoms with Gasteiger partial charge in [0, 0.05) is 74.4 Å². The summed E-state index contributed by atoms with van der Waals surface area (Å²) in [5.74, 6) is 0. The third-order valence-corrected chi connectivity index (χ3v) is 18.6. The lowest BCUT2D eigenvalue weighted by atomic mass is 9.88. The second-order valence-corrected chi connectivity index (χ2v) is 22.5. The number of furan rings is 1. The van der Waals surface area contributed by atoms with Gasteiger partial charge in [-0.15, -0.1) is 22.7 Å². The molecule has 17 rings (SSSR count). The van der Waals surface area contributed by atoms with Crippen molar-refractivity contribution in [2.24, 2.45) is 0 Å². The lowest BCUT2D eigenvalue weighted by Crippen LogP contribution is -2.09. The molecule has 0 aliphatic rings. The number of hydrogen-bond donors (Lipinski definition) is 0. The Balaban J connectivity index is 1.11. The molecule has 5 nitrogen and oxygen atoms in total. The molecule has 12 aromatic carbocycles. The van der Waals surface area contributed by atoms with E-state index in [4.69, 9.17) is 8.53 Å². The molecular weight excluding hydrogens is 1020 g/mol. The Labute approximate surface area is 478 Å². The number of rotatable bonds is 6. The van der Waals surface area contributed by atoms with Crippen LogP contribution >= 0.6 is 22.7 Å². The van der Waals surface area contributed by atoms with Crippen LogP contribution in [-0.4, -0.2) is 9.13 Å². The van der Waals surface area contributed by atoms with Crippen LogP contribution in [0.4, 0.5) is 5.69 Å². The maximum Gasteiger partial charge on any atom is 0.220 e. The van der Waals surface area contributed by atoms with Gasteiger partial charge in [0.15, 0.2) is 0 Å². The van der Waals surface area contributed by atoms with Gasteiger partial charge in [-0.25, -0.2) is 4.85 Å². The largest absolute Gasteiger partial charge is 0.456 e. The van der Waals surface area contributed by atoms with Crippen LogP contribution in [0, 0.1) is 17.9 Å². The average molecular weight is 1070 g/mol. The molecule has 17 aromatic rings. The summed E-state index contributed by atoms with van der Waals surface area (Å²) in [5.41, 5.74) is 12.2. The number of fused-ring (bicyclic) bond motifs is 17. The first-order valence-electron chi connectivity index (χ1n) is 29.1. The molecule has 0 fully saturated rings. The molecule has 0 saturated heterocycles. The second-order valence-electron chi connectivity index (χ2n) is 20.3. The molecule has 0 aliphatic carbocycles. The van der Waals surface area contributed by atoms with E-state index in [9.17, 15) is 14.6 Å². The van der Waals surface area contributed by atoms with E-state index in [1.165, 1.54) is 0 Å². The quantitative estimate of drug-likeness (QED) is 0.156. The summed E-state index contributed by atoms with van der Waals surface area (Å²) in [5, 5.41) is 22.1. The zero-order valence-electron chi connectivity index (χ0n) is 47.7. The Kier molecular flexibility index (Phi) is 8.77. The highest BCUT2D eigenvalue weighted by Gasteiger charge is 2.34. The van der Waals surface area contributed by atoms with E-state index in [0.717, 1.165) is 123 Å². The van der Waals surface area contributed by atoms with Crippen molar-refractivity contribution < 1.29 is 11.3 Å². The zero-order valence-corrected chi connectivity index (χ0v) is 44.4. The molecule has 0 bridgehead atoms. The molecule has 0 atom stereocenters. The number of thiophene rings is 2. The normalized spacial score (nSPS) is 12.8. The molecule has 0 amide bonds. The van der Waals surface area contributed by atoms with Crippen LogP contribution in [0.3, 0.4) is 0 Å². The molecule has 0 spiro atoms. The van der Waals surface area contributed by atoms with Gasteiger partial charge in [-0.3, -0.25) is 0 Å². The minimum absolute atomic E-state index is 0.128. The summed E-state index contributed by atoms with van der Waals surface area (Å²) in [4.78, 5) is 4.63. The van der Waals surface area contributed by atoms with Gasteiger partial charge >= 0.3 is 0 Å². The lowest BCUT2D eigenvalue weighted by molar-refractivity contribution is 0.669. The third-order valence-electron chi connectivity index (χ3n) is 16.3. The first-order valence-corrected chi connectivity index (χ1v) is 28.2. The van der Waals surface area contributed by atoms with E-state index >= 15 is 0 Å². The van der Waals surface area contributed by atoms with Crippen molar-refractivity contribution >= 4 is 134 Å². The number of nitriles is 1. The molecule has 7 heteroatoms. The fraction of sp³-hybridized carbons (Fsp3) is 0. The fourth-order valence-corrected chi connectivity index (χ4v) is 15.6. The van der Waals surface area contributed by atoms with Crippen molar-refractivity contribution in [1.29, 1.82) is 5.26 Å². The molecule has 0 aliphatic heterocycles. The Morgan fingerprint density at radius 3 is 1.77 bits per heavy atom. The second kappa shape index (κ2) is 17.5. The van der Waals surface area contributed by atoms with Gasteiger partial charge in [0.05, 0.1) is 61.8 Å². The molecular formula is C74H40N4OS2. The average Bonchev–Trinajstić information content (AvgIpc) is 1.50. The van der Waals surface area contributed by atoms with E-state index in [-0.39, 0.29) is 17.6 Å². The Morgan fingerprint density at radius 2 is 1.00 bits per heavy atom. The van der Waals surface area contributed by atoms with Crippen LogP contribution in [0.15, 0.2) is 247 Å². The van der Waals surface area contributed by atoms with Crippen LogP contribution < -0.4 is 0 Å². The first kappa shape index (κ1) is 40.6. The van der Waals surface area contributed by atoms with Crippen molar-refractivity contribution in [3.05, 3.63) is 260 Å². The minimum atomic E-state index is -0.451. The molecule has 81 heavy (non-hydrogen) atoms. The predicted octanol–water partition coefficient (Wildman–Crippen LogP) is 21.6. The standard InChI is InChI=1S/C74H40N4OS2/c1-76-68-63(44-22-7-3-8-23-44)56(42-75)69(78-70-50(38-40-52-47-26-13-16-36-61(47)80-73(52)70)51-39-41-55-67-46(43-20-5-2-6-21-43)29-19-37-62(67)81-74(55)71(51)78)64(45-24-9-4-10-25-45)72(68)77-57-32-14-11-27-53(57)65-48(30-17-33-58(65)77)49-31-18-35-60-66(49)54-28-12-15-34-59(54)79-60/h2-41H/i2D,5D,6D,20D,21D. The van der Waals surface area contributed by atoms with Gasteiger partial charge in [0.25, 0.3) is 0 Å². The number of para-hydroxylation sites is 2. The van der Waals surface area contributed by atoms with Gasteiger partial charge in [-0.1, -0.05) is 206 Å². The van der Waals surface area contributed by atoms with Crippen LogP contribution in [0.1, 0.15) is 12.4 Å². The van der Waals surface area contributed by atoms with Crippen molar-refractivity contribution in [3.8, 4) is 62.0 Å². The van der Waals surface area contributed by atoms with E-state index < -0.39 is 18.1 Å². The molecule has 0 unspecified atom stereocenters. The van der Waals surface area contributed by atoms with Gasteiger partial charge in [-0.2, -0.15) is 5.26 Å². The zero-order chi connectivity index (χ0) is 57.8. The third kappa shape index (κ3) is 6.39. The van der Waals surface area contributed by atoms with Crippen LogP contribution in [0.25, 0.3) is 167 Å². The summed E-state index contributed by atoms with van der Waals surface area (Å²) >= 11 is 3.28. The predicted molar refractivity (Wildman–Crippen MR) is 341 cm³/mol. The monoisotopic (exact) mass is 1070 g/mol. The molecule has 5 aromatic heterocycles. The van der Waals surface area contributed by atoms with Crippen LogP contribution in [0.2, 0.25) is 0 Å². The summed E-state index contributed by atoms with van der Waals surface area (Å²) < 4.78 is 59.4. The number of aromatic nitrogens is 2. The maximum atomic E-state index is 12.4. The Bertz CT molecular complexity index is 5910. The molecule has 0 N–H and O–H groups in total. The lowest BCUT2D eigenvalue weighted by Gasteiger charge is -2.26. The van der Waals surface area contributed by atoms with Crippen LogP contribution in [0.5, 0.6) is 0 Å². The van der Waals surface area contributed by atoms with Gasteiger partial charge in [0.2, 0.25) is 5.69 Å². The van der Waals surface area contributed by atoms with Crippen LogP contribution in [-0.2, 0) is 0 Å². The SMILES string of the molecule is [2H]c1c([2H])c([2H])c(-c2cccc3sc4c(ccc5c6ccc7c8ccccc8sc7c6n(-c6c(C#N)c(-c7ccccc7)c([N+]#[C-])c(-n7c8ccccc8c8c(-c9cccc%10oc%11ccccc%11c9%10)cccc87)c6-c6ccccc6)c54)c23)c([2H])c1[2H]. The minimum Gasteiger partial charge on any atom is -0.456 e. The number of hydrogen-bond acceptors (Lipinski definition) is 4. The van der Waals surface area contributed by atoms with Crippen molar-refractivity contribution in [2.45, 2.75) is 0 Å². The maximum absolute atomic E-state index is 12.4. The fourth-order valence-electron chi connectivity index (χ4n) is 13.1. The summed E-state index contributed by atoms with van der Waals surface area (Å²) in [6, 6.07) is 73.1. The van der Waals surface area contributed by atoms with E-state index in [0.29, 0.717) is 44.9 Å². The smallest absolute Gasteiger partial charge is 0.220 e. The summed E-state index contributed by atoms with van der Waals surface area (Å²) in [7, 11) is 0. The molecule has 374 valence electrons. The highest BCUT2D eigenvalue weighted by molar-refractivity contribution is 7.27. The topological polar surface area (TPSA) is 51.1 Å². The first-order chi connectivity index (χ1) is 42.2. The van der Waals surface area contributed by atoms with Gasteiger partial charge in [0.1, 0.15) is 17.2 Å². The van der Waals surface area contributed by atoms with Crippen molar-refractivity contribution in [3.63, 3.8) is 0 Å². The Morgan fingerprint density at radius 1 is 0.432 bits per heavy atom. The molecule has 5 heterocycles. The summed E-state index contributed by atoms with van der Waals surface area (Å²) in [6.07, 6.45) is 0. The van der Waals surface area contributed by atoms with E-state index in [1.807, 2.05) is 103 Å². The van der Waals surface area contributed by atoms with E-state index in [2.05, 4.69) is 129 Å². The molecule has 0 saturated carbocycles. The number of benzene rings is 12. The van der Waals surface area contributed by atoms with Crippen molar-refractivity contribution in [2.75, 3.05) is 0 Å². The highest BCUT2D eigenvalue weighted by atomic mass is 32.1. The van der Waals surface area contributed by atoms with Crippen molar-refractivity contribution in [1.82, 2.24) is 9.13 Å².